The topological polar surface area (TPSA) is 14.2 Å². The number of para-hydroxylation sites is 3. The number of rotatable bonds is 5. The largest absolute Gasteiger partial charge is 0.456 e. The zero-order valence-corrected chi connectivity index (χ0v) is 25.5. The van der Waals surface area contributed by atoms with Gasteiger partial charge in [0, 0.05) is 39.0 Å². The summed E-state index contributed by atoms with van der Waals surface area (Å²) in [7, 11) is -2.99. The summed E-state index contributed by atoms with van der Waals surface area (Å²) < 4.78 is 9.29. The Kier molecular flexibility index (Phi) is 6.39. The summed E-state index contributed by atoms with van der Waals surface area (Å²) in [5.74, 6) is 1.76. The molecule has 6 aromatic carbocycles. The maximum absolute atomic E-state index is 6.73. The van der Waals surface area contributed by atoms with Gasteiger partial charge in [-0.1, -0.05) is 146 Å². The number of ether oxygens (including phenoxy) is 1. The fourth-order valence-corrected chi connectivity index (χ4v) is 12.3. The maximum atomic E-state index is 6.73. The van der Waals surface area contributed by atoms with Crippen LogP contribution in [0.25, 0.3) is 27.9 Å². The van der Waals surface area contributed by atoms with Crippen molar-refractivity contribution in [1.82, 2.24) is 4.57 Å². The standard InChI is InChI=1S/C41H31NOSi/c1-30-39-35-26-14-16-28-37(35)43-38-29-17-15-27-36(38)40(39)41(42(30)31-18-6-2-7-19-31)44(32-20-8-3-9-21-32,33-22-10-4-11-23-33)34-24-12-5-13-25-34/h2-29H,1H3. The molecule has 0 fully saturated rings. The predicted octanol–water partition coefficient (Wildman–Crippen LogP) is 7.60. The van der Waals surface area contributed by atoms with Crippen LogP contribution in [0, 0.1) is 6.92 Å². The first kappa shape index (κ1) is 26.3. The van der Waals surface area contributed by atoms with Crippen molar-refractivity contribution < 1.29 is 4.74 Å². The Labute approximate surface area is 259 Å². The Morgan fingerprint density at radius 1 is 0.432 bits per heavy atom. The minimum Gasteiger partial charge on any atom is -0.456 e. The molecular formula is C41H31NOSi. The summed E-state index contributed by atoms with van der Waals surface area (Å²) >= 11 is 0. The van der Waals surface area contributed by atoms with E-state index in [1.54, 1.807) is 0 Å². The first-order chi connectivity index (χ1) is 21.8. The Hall–Kier alpha value is -5.38. The Bertz CT molecular complexity index is 1990. The molecule has 3 heteroatoms. The van der Waals surface area contributed by atoms with Gasteiger partial charge in [0.15, 0.2) is 0 Å². The summed E-state index contributed by atoms with van der Waals surface area (Å²) in [5, 5.41) is 5.34. The van der Waals surface area contributed by atoms with Crippen molar-refractivity contribution in [3.63, 3.8) is 0 Å². The molecule has 8 rings (SSSR count). The molecule has 0 radical (unpaired) electrons. The van der Waals surface area contributed by atoms with E-state index in [1.807, 2.05) is 0 Å². The molecule has 0 spiro atoms. The highest BCUT2D eigenvalue weighted by Crippen LogP contribution is 2.48. The first-order valence-corrected chi connectivity index (χ1v) is 17.1. The molecule has 1 aliphatic rings. The first-order valence-electron chi connectivity index (χ1n) is 15.1. The zero-order valence-electron chi connectivity index (χ0n) is 24.5. The molecule has 2 heterocycles. The van der Waals surface area contributed by atoms with Crippen LogP contribution in [0.2, 0.25) is 0 Å². The van der Waals surface area contributed by atoms with Crippen molar-refractivity contribution >= 4 is 29.0 Å². The van der Waals surface area contributed by atoms with Crippen LogP contribution in [0.5, 0.6) is 11.5 Å². The molecule has 0 N–H and O–H groups in total. The van der Waals surface area contributed by atoms with Gasteiger partial charge in [-0.3, -0.25) is 0 Å². The lowest BCUT2D eigenvalue weighted by molar-refractivity contribution is 0.487. The normalized spacial score (nSPS) is 11.9. The lowest BCUT2D eigenvalue weighted by Gasteiger charge is -2.36. The second-order valence-corrected chi connectivity index (χ2v) is 15.0. The monoisotopic (exact) mass is 581 g/mol. The Morgan fingerprint density at radius 3 is 1.30 bits per heavy atom. The van der Waals surface area contributed by atoms with Crippen LogP contribution < -0.4 is 25.6 Å². The Balaban J connectivity index is 1.67. The van der Waals surface area contributed by atoms with E-state index < -0.39 is 8.07 Å². The van der Waals surface area contributed by atoms with Gasteiger partial charge in [0.25, 0.3) is 0 Å². The number of benzene rings is 6. The molecule has 44 heavy (non-hydrogen) atoms. The Morgan fingerprint density at radius 2 is 0.818 bits per heavy atom. The molecule has 0 atom stereocenters. The smallest absolute Gasteiger partial charge is 0.200 e. The SMILES string of the molecule is Cc1c2c(c([Si](c3ccccc3)(c3ccccc3)c3ccccc3)n1-c1ccccc1)-c1ccccc1Oc1ccccc1-2. The number of fused-ring (bicyclic) bond motifs is 5. The van der Waals surface area contributed by atoms with Crippen molar-refractivity contribution in [3.8, 4) is 39.4 Å². The minimum absolute atomic E-state index is 0.877. The van der Waals surface area contributed by atoms with Gasteiger partial charge < -0.3 is 9.30 Å². The molecule has 2 nitrogen and oxygen atoms in total. The van der Waals surface area contributed by atoms with Crippen LogP contribution in [0.4, 0.5) is 0 Å². The molecule has 7 aromatic rings. The van der Waals surface area contributed by atoms with E-state index in [4.69, 9.17) is 4.74 Å². The predicted molar refractivity (Wildman–Crippen MR) is 185 cm³/mol. The number of nitrogens with zero attached hydrogens (tertiary/aromatic N) is 1. The third kappa shape index (κ3) is 3.94. The van der Waals surface area contributed by atoms with Crippen molar-refractivity contribution in [1.29, 1.82) is 0 Å². The molecule has 0 unspecified atom stereocenters. The number of hydrogen-bond donors (Lipinski definition) is 0. The molecule has 0 bridgehead atoms. The summed E-state index contributed by atoms with van der Waals surface area (Å²) in [6, 6.07) is 61.5. The zero-order chi connectivity index (χ0) is 29.5. The van der Waals surface area contributed by atoms with E-state index in [9.17, 15) is 0 Å². The number of aromatic nitrogens is 1. The molecule has 0 saturated heterocycles. The van der Waals surface area contributed by atoms with Gasteiger partial charge in [0.1, 0.15) is 11.5 Å². The minimum atomic E-state index is -2.99. The van der Waals surface area contributed by atoms with E-state index >= 15 is 0 Å². The van der Waals surface area contributed by atoms with E-state index in [0.717, 1.165) is 28.3 Å². The number of hydrogen-bond acceptors (Lipinski definition) is 1. The van der Waals surface area contributed by atoms with Gasteiger partial charge in [-0.15, -0.1) is 0 Å². The summed E-state index contributed by atoms with van der Waals surface area (Å²) in [6.07, 6.45) is 0. The summed E-state index contributed by atoms with van der Waals surface area (Å²) in [4.78, 5) is 0. The second-order valence-electron chi connectivity index (χ2n) is 11.3. The summed E-state index contributed by atoms with van der Waals surface area (Å²) in [6.45, 7) is 2.28. The lowest BCUT2D eigenvalue weighted by Crippen LogP contribution is -2.76. The fraction of sp³-hybridized carbons (Fsp3) is 0.0244. The lowest BCUT2D eigenvalue weighted by atomic mass is 9.97. The highest BCUT2D eigenvalue weighted by atomic mass is 28.3. The van der Waals surface area contributed by atoms with Gasteiger partial charge in [0.2, 0.25) is 8.07 Å². The van der Waals surface area contributed by atoms with E-state index in [0.29, 0.717) is 0 Å². The van der Waals surface area contributed by atoms with Crippen molar-refractivity contribution in [2.45, 2.75) is 6.92 Å². The fourth-order valence-electron chi connectivity index (χ4n) is 7.15. The van der Waals surface area contributed by atoms with Gasteiger partial charge in [-0.2, -0.15) is 0 Å². The molecule has 0 aliphatic carbocycles. The van der Waals surface area contributed by atoms with Crippen LogP contribution >= 0.6 is 0 Å². The van der Waals surface area contributed by atoms with Gasteiger partial charge in [-0.05, 0) is 46.7 Å². The van der Waals surface area contributed by atoms with Crippen molar-refractivity contribution in [2.24, 2.45) is 0 Å². The third-order valence-electron chi connectivity index (χ3n) is 8.93. The van der Waals surface area contributed by atoms with Crippen LogP contribution in [0.1, 0.15) is 5.69 Å². The highest BCUT2D eigenvalue weighted by molar-refractivity contribution is 7.20. The molecule has 0 amide bonds. The van der Waals surface area contributed by atoms with E-state index in [2.05, 4.69) is 181 Å². The molecule has 1 aliphatic heterocycles. The molecular weight excluding hydrogens is 551 g/mol. The van der Waals surface area contributed by atoms with Crippen LogP contribution in [-0.4, -0.2) is 12.6 Å². The van der Waals surface area contributed by atoms with E-state index in [1.165, 1.54) is 37.7 Å². The van der Waals surface area contributed by atoms with Crippen LogP contribution in [0.15, 0.2) is 170 Å². The highest BCUT2D eigenvalue weighted by Gasteiger charge is 2.48. The molecule has 210 valence electrons. The van der Waals surface area contributed by atoms with Crippen molar-refractivity contribution in [2.75, 3.05) is 0 Å². The third-order valence-corrected chi connectivity index (χ3v) is 13.7. The van der Waals surface area contributed by atoms with E-state index in [-0.39, 0.29) is 0 Å². The maximum Gasteiger partial charge on any atom is 0.200 e. The average molecular weight is 582 g/mol. The second kappa shape index (κ2) is 10.7. The van der Waals surface area contributed by atoms with Crippen LogP contribution in [-0.2, 0) is 0 Å². The van der Waals surface area contributed by atoms with Crippen molar-refractivity contribution in [3.05, 3.63) is 176 Å². The van der Waals surface area contributed by atoms with Crippen LogP contribution in [0.3, 0.4) is 0 Å². The average Bonchev–Trinajstić information content (AvgIpc) is 3.30. The quantitative estimate of drug-likeness (QED) is 0.151. The summed E-state index contributed by atoms with van der Waals surface area (Å²) in [5.41, 5.74) is 7.06. The molecule has 1 aromatic heterocycles. The molecule has 0 saturated carbocycles. The van der Waals surface area contributed by atoms with Gasteiger partial charge in [0.05, 0.1) is 0 Å². The van der Waals surface area contributed by atoms with Gasteiger partial charge >= 0.3 is 0 Å². The van der Waals surface area contributed by atoms with Gasteiger partial charge in [-0.25, -0.2) is 0 Å².